The van der Waals surface area contributed by atoms with Crippen LogP contribution in [0, 0.1) is 0 Å². The van der Waals surface area contributed by atoms with Gasteiger partial charge in [-0.05, 0) is 49.5 Å². The number of hydrogen-bond donors (Lipinski definition) is 1. The van der Waals surface area contributed by atoms with Crippen LogP contribution in [0.25, 0.3) is 11.0 Å². The van der Waals surface area contributed by atoms with Crippen molar-refractivity contribution in [2.24, 2.45) is 0 Å². The Hall–Kier alpha value is -2.71. The lowest BCUT2D eigenvalue weighted by Gasteiger charge is -2.19. The van der Waals surface area contributed by atoms with Crippen molar-refractivity contribution < 1.29 is 13.2 Å². The number of nitrogens with zero attached hydrogens (tertiary/aromatic N) is 3. The van der Waals surface area contributed by atoms with Crippen LogP contribution in [0.3, 0.4) is 0 Å². The smallest absolute Gasteiger partial charge is 0.257 e. The average Bonchev–Trinajstić information content (AvgIpc) is 3.11. The van der Waals surface area contributed by atoms with Gasteiger partial charge in [-0.3, -0.25) is 10.1 Å². The van der Waals surface area contributed by atoms with Crippen LogP contribution < -0.4 is 5.32 Å². The maximum Gasteiger partial charge on any atom is 0.257 e. The van der Waals surface area contributed by atoms with Crippen LogP contribution in [-0.2, 0) is 16.4 Å². The molecule has 0 atom stereocenters. The van der Waals surface area contributed by atoms with Crippen LogP contribution in [0.1, 0.15) is 31.1 Å². The Morgan fingerprint density at radius 2 is 1.70 bits per heavy atom. The minimum atomic E-state index is -3.30. The van der Waals surface area contributed by atoms with Crippen LogP contribution in [0.4, 0.5) is 5.95 Å². The van der Waals surface area contributed by atoms with Crippen molar-refractivity contribution in [3.63, 3.8) is 0 Å². The molecular weight excluding hydrogens is 400 g/mol. The molecule has 2 aromatic carbocycles. The van der Waals surface area contributed by atoms with E-state index in [9.17, 15) is 13.2 Å². The second kappa shape index (κ2) is 9.40. The van der Waals surface area contributed by atoms with Gasteiger partial charge in [0.15, 0.2) is 9.84 Å². The van der Waals surface area contributed by atoms with E-state index >= 15 is 0 Å². The number of nitrogens with one attached hydrogen (secondary N) is 1. The van der Waals surface area contributed by atoms with E-state index in [-0.39, 0.29) is 16.6 Å². The first-order valence-electron chi connectivity index (χ1n) is 10.2. The predicted molar refractivity (Wildman–Crippen MR) is 120 cm³/mol. The number of carbonyl (C=O) groups is 1. The number of fused-ring (bicyclic) bond motifs is 1. The highest BCUT2D eigenvalue weighted by atomic mass is 32.2. The number of sulfone groups is 1. The largest absolute Gasteiger partial charge is 0.309 e. The number of para-hydroxylation sites is 2. The molecule has 160 valence electrons. The molecule has 0 spiro atoms. The fourth-order valence-corrected chi connectivity index (χ4v) is 4.22. The summed E-state index contributed by atoms with van der Waals surface area (Å²) in [7, 11) is -3.30. The van der Waals surface area contributed by atoms with E-state index in [4.69, 9.17) is 0 Å². The van der Waals surface area contributed by atoms with Crippen LogP contribution in [0.5, 0.6) is 0 Å². The second-order valence-corrected chi connectivity index (χ2v) is 9.26. The lowest BCUT2D eigenvalue weighted by atomic mass is 10.2. The van der Waals surface area contributed by atoms with Gasteiger partial charge in [-0.1, -0.05) is 32.9 Å². The molecule has 3 aromatic rings. The normalized spacial score (nSPS) is 11.9. The maximum atomic E-state index is 12.8. The molecule has 8 heteroatoms. The molecule has 3 rings (SSSR count). The van der Waals surface area contributed by atoms with E-state index in [0.717, 1.165) is 30.7 Å². The molecular formula is C22H28N4O3S. The minimum absolute atomic E-state index is 0.0229. The zero-order chi connectivity index (χ0) is 21.7. The zero-order valence-electron chi connectivity index (χ0n) is 17.6. The van der Waals surface area contributed by atoms with Crippen molar-refractivity contribution >= 4 is 32.7 Å². The number of anilines is 1. The van der Waals surface area contributed by atoms with Crippen molar-refractivity contribution in [3.8, 4) is 0 Å². The summed E-state index contributed by atoms with van der Waals surface area (Å²) in [4.78, 5) is 19.9. The molecule has 0 radical (unpaired) electrons. The van der Waals surface area contributed by atoms with Gasteiger partial charge in [0.25, 0.3) is 5.91 Å². The predicted octanol–water partition coefficient (Wildman–Crippen LogP) is 3.42. The molecule has 1 heterocycles. The Morgan fingerprint density at radius 1 is 1.03 bits per heavy atom. The standard InChI is InChI=1S/C22H28N4O3S/c1-4-25(5-2)15-16-26-20-10-8-7-9-19(20)23-22(26)24-21(27)17-11-13-18(14-12-17)30(28,29)6-3/h7-14H,4-6,15-16H2,1-3H3,(H,23,24,27). The number of likely N-dealkylation sites (N-methyl/N-ethyl adjacent to an activating group) is 1. The summed E-state index contributed by atoms with van der Waals surface area (Å²) in [5, 5.41) is 2.89. The minimum Gasteiger partial charge on any atom is -0.309 e. The molecule has 0 saturated heterocycles. The quantitative estimate of drug-likeness (QED) is 0.564. The van der Waals surface area contributed by atoms with Crippen molar-refractivity contribution in [2.45, 2.75) is 32.2 Å². The third-order valence-electron chi connectivity index (χ3n) is 5.27. The number of amides is 1. The number of aromatic nitrogens is 2. The van der Waals surface area contributed by atoms with Crippen LogP contribution >= 0.6 is 0 Å². The number of rotatable bonds is 9. The van der Waals surface area contributed by atoms with Gasteiger partial charge in [0.2, 0.25) is 5.95 Å². The maximum absolute atomic E-state index is 12.8. The van der Waals surface area contributed by atoms with Crippen LogP contribution in [0.2, 0.25) is 0 Å². The third-order valence-corrected chi connectivity index (χ3v) is 7.02. The fourth-order valence-electron chi connectivity index (χ4n) is 3.33. The summed E-state index contributed by atoms with van der Waals surface area (Å²) >= 11 is 0. The van der Waals surface area contributed by atoms with E-state index in [1.807, 2.05) is 28.8 Å². The third kappa shape index (κ3) is 4.71. The molecule has 0 aliphatic heterocycles. The van der Waals surface area contributed by atoms with Gasteiger partial charge >= 0.3 is 0 Å². The Balaban J connectivity index is 1.85. The zero-order valence-corrected chi connectivity index (χ0v) is 18.4. The Bertz CT molecular complexity index is 1120. The molecule has 1 N–H and O–H groups in total. The summed E-state index contributed by atoms with van der Waals surface area (Å²) < 4.78 is 26.0. The molecule has 0 aliphatic carbocycles. The van der Waals surface area contributed by atoms with Crippen LogP contribution in [0.15, 0.2) is 53.4 Å². The lowest BCUT2D eigenvalue weighted by molar-refractivity contribution is 0.102. The van der Waals surface area contributed by atoms with E-state index in [1.165, 1.54) is 24.3 Å². The summed E-state index contributed by atoms with van der Waals surface area (Å²) in [5.41, 5.74) is 2.16. The molecule has 0 fully saturated rings. The van der Waals surface area contributed by atoms with Gasteiger partial charge < -0.3 is 9.47 Å². The average molecular weight is 429 g/mol. The van der Waals surface area contributed by atoms with E-state index in [2.05, 4.69) is 29.0 Å². The molecule has 0 bridgehead atoms. The van der Waals surface area contributed by atoms with Crippen molar-refractivity contribution in [1.29, 1.82) is 0 Å². The molecule has 0 saturated carbocycles. The van der Waals surface area contributed by atoms with Gasteiger partial charge in [0.1, 0.15) is 0 Å². The highest BCUT2D eigenvalue weighted by Crippen LogP contribution is 2.21. The van der Waals surface area contributed by atoms with Gasteiger partial charge in [0, 0.05) is 18.7 Å². The first-order valence-corrected chi connectivity index (χ1v) is 11.9. The summed E-state index contributed by atoms with van der Waals surface area (Å²) in [6, 6.07) is 13.8. The second-order valence-electron chi connectivity index (χ2n) is 6.98. The van der Waals surface area contributed by atoms with E-state index in [0.29, 0.717) is 18.1 Å². The lowest BCUT2D eigenvalue weighted by Crippen LogP contribution is -2.27. The topological polar surface area (TPSA) is 84.3 Å². The number of carbonyl (C=O) groups excluding carboxylic acids is 1. The SMILES string of the molecule is CCN(CC)CCn1c(NC(=O)c2ccc(S(=O)(=O)CC)cc2)nc2ccccc21. The fraction of sp³-hybridized carbons (Fsp3) is 0.364. The van der Waals surface area contributed by atoms with Crippen molar-refractivity contribution in [1.82, 2.24) is 14.5 Å². The number of hydrogen-bond acceptors (Lipinski definition) is 5. The van der Waals surface area contributed by atoms with Gasteiger partial charge in [-0.2, -0.15) is 0 Å². The highest BCUT2D eigenvalue weighted by molar-refractivity contribution is 7.91. The van der Waals surface area contributed by atoms with Gasteiger partial charge in [-0.25, -0.2) is 13.4 Å². The van der Waals surface area contributed by atoms with Gasteiger partial charge in [0.05, 0.1) is 21.7 Å². The van der Waals surface area contributed by atoms with Crippen LogP contribution in [-0.4, -0.2) is 54.2 Å². The Labute approximate surface area is 177 Å². The summed E-state index contributed by atoms with van der Waals surface area (Å²) in [6.07, 6.45) is 0. The molecule has 0 aliphatic rings. The van der Waals surface area contributed by atoms with Gasteiger partial charge in [-0.15, -0.1) is 0 Å². The Morgan fingerprint density at radius 3 is 2.33 bits per heavy atom. The monoisotopic (exact) mass is 428 g/mol. The molecule has 1 amide bonds. The number of benzene rings is 2. The van der Waals surface area contributed by atoms with E-state index < -0.39 is 9.84 Å². The first-order chi connectivity index (χ1) is 14.4. The molecule has 1 aromatic heterocycles. The van der Waals surface area contributed by atoms with Crippen molar-refractivity contribution in [2.75, 3.05) is 30.7 Å². The first kappa shape index (κ1) is 22.0. The summed E-state index contributed by atoms with van der Waals surface area (Å²) in [6.45, 7) is 9.31. The van der Waals surface area contributed by atoms with Crippen molar-refractivity contribution in [3.05, 3.63) is 54.1 Å². The highest BCUT2D eigenvalue weighted by Gasteiger charge is 2.16. The molecule has 0 unspecified atom stereocenters. The number of imidazole rings is 1. The summed E-state index contributed by atoms with van der Waals surface area (Å²) in [5.74, 6) is 0.184. The van der Waals surface area contributed by atoms with E-state index in [1.54, 1.807) is 6.92 Å². The Kier molecular flexibility index (Phi) is 6.89. The molecule has 7 nitrogen and oxygen atoms in total. The molecule has 30 heavy (non-hydrogen) atoms.